The van der Waals surface area contributed by atoms with Crippen molar-refractivity contribution in [2.24, 2.45) is 0 Å². The van der Waals surface area contributed by atoms with Crippen LogP contribution in [-0.2, 0) is 9.47 Å². The Morgan fingerprint density at radius 2 is 2.27 bits per heavy atom. The summed E-state index contributed by atoms with van der Waals surface area (Å²) in [5.74, 6) is 1.90. The molecule has 4 heteroatoms. The van der Waals surface area contributed by atoms with Crippen molar-refractivity contribution in [3.63, 3.8) is 0 Å². The first-order chi connectivity index (χ1) is 7.38. The molecule has 0 spiro atoms. The van der Waals surface area contributed by atoms with E-state index in [9.17, 15) is 0 Å². The third-order valence-corrected chi connectivity index (χ3v) is 3.00. The highest BCUT2D eigenvalue weighted by atomic mass is 32.2. The summed E-state index contributed by atoms with van der Waals surface area (Å²) in [6.07, 6.45) is 1.87. The van der Waals surface area contributed by atoms with Gasteiger partial charge in [-0.15, -0.1) is 0 Å². The average molecular weight is 227 g/mol. The van der Waals surface area contributed by atoms with E-state index in [1.807, 2.05) is 30.0 Å². The summed E-state index contributed by atoms with van der Waals surface area (Å²) in [6, 6.07) is 5.88. The fourth-order valence-electron chi connectivity index (χ4n) is 1.17. The third-order valence-electron chi connectivity index (χ3n) is 2.00. The highest BCUT2D eigenvalue weighted by molar-refractivity contribution is 7.99. The molecule has 0 N–H and O–H groups in total. The second-order valence-electron chi connectivity index (χ2n) is 3.05. The molecule has 0 fully saturated rings. The lowest BCUT2D eigenvalue weighted by Crippen LogP contribution is -2.07. The molecule has 0 saturated heterocycles. The Morgan fingerprint density at radius 1 is 1.40 bits per heavy atom. The number of hydrogen-bond acceptors (Lipinski definition) is 4. The van der Waals surface area contributed by atoms with Gasteiger partial charge in [0, 0.05) is 31.9 Å². The second kappa shape index (κ2) is 7.68. The van der Waals surface area contributed by atoms with E-state index < -0.39 is 0 Å². The molecular formula is C11H17NO2S. The van der Waals surface area contributed by atoms with Crippen molar-refractivity contribution in [2.45, 2.75) is 6.10 Å². The van der Waals surface area contributed by atoms with Crippen LogP contribution in [0.25, 0.3) is 0 Å². The lowest BCUT2D eigenvalue weighted by molar-refractivity contribution is 0.120. The maximum absolute atomic E-state index is 5.39. The second-order valence-corrected chi connectivity index (χ2v) is 4.20. The van der Waals surface area contributed by atoms with Gasteiger partial charge in [-0.1, -0.05) is 6.07 Å². The minimum atomic E-state index is 0.0769. The van der Waals surface area contributed by atoms with Crippen LogP contribution in [0.15, 0.2) is 24.4 Å². The van der Waals surface area contributed by atoms with Crippen LogP contribution in [0.2, 0.25) is 0 Å². The molecule has 0 aliphatic carbocycles. The third kappa shape index (κ3) is 4.64. The Morgan fingerprint density at radius 3 is 2.87 bits per heavy atom. The van der Waals surface area contributed by atoms with Gasteiger partial charge in [-0.25, -0.2) is 0 Å². The van der Waals surface area contributed by atoms with Crippen molar-refractivity contribution in [3.8, 4) is 0 Å². The molecular weight excluding hydrogens is 210 g/mol. The number of ether oxygens (including phenoxy) is 2. The molecule has 1 atom stereocenters. The molecule has 1 aromatic rings. The van der Waals surface area contributed by atoms with Gasteiger partial charge in [0.15, 0.2) is 0 Å². The number of thioether (sulfide) groups is 1. The van der Waals surface area contributed by atoms with Crippen molar-refractivity contribution in [2.75, 3.05) is 32.3 Å². The molecule has 0 amide bonds. The Labute approximate surface area is 95.2 Å². The van der Waals surface area contributed by atoms with Crippen LogP contribution >= 0.6 is 11.8 Å². The zero-order valence-electron chi connectivity index (χ0n) is 9.18. The first-order valence-electron chi connectivity index (χ1n) is 4.89. The lowest BCUT2D eigenvalue weighted by Gasteiger charge is -2.13. The van der Waals surface area contributed by atoms with Crippen LogP contribution in [0.3, 0.4) is 0 Å². The van der Waals surface area contributed by atoms with E-state index >= 15 is 0 Å². The van der Waals surface area contributed by atoms with Crippen LogP contribution in [0.1, 0.15) is 11.8 Å². The molecule has 0 saturated carbocycles. The number of rotatable bonds is 7. The Hall–Kier alpha value is -0.580. The van der Waals surface area contributed by atoms with Gasteiger partial charge in [-0.2, -0.15) is 11.8 Å². The molecule has 84 valence electrons. The molecule has 0 aliphatic rings. The van der Waals surface area contributed by atoms with Crippen LogP contribution in [0.5, 0.6) is 0 Å². The van der Waals surface area contributed by atoms with Gasteiger partial charge in [0.2, 0.25) is 0 Å². The predicted octanol–water partition coefficient (Wildman–Crippen LogP) is 2.15. The Balaban J connectivity index is 2.36. The molecule has 1 aromatic heterocycles. The number of methoxy groups -OCH3 is 2. The summed E-state index contributed by atoms with van der Waals surface area (Å²) in [5, 5.41) is 0. The van der Waals surface area contributed by atoms with Crippen LogP contribution in [-0.4, -0.2) is 37.3 Å². The maximum Gasteiger partial charge on any atom is 0.108 e. The lowest BCUT2D eigenvalue weighted by atomic mass is 10.2. The number of nitrogens with zero attached hydrogens (tertiary/aromatic N) is 1. The van der Waals surface area contributed by atoms with Gasteiger partial charge in [0.1, 0.15) is 6.10 Å². The quantitative estimate of drug-likeness (QED) is 0.668. The molecule has 0 bridgehead atoms. The van der Waals surface area contributed by atoms with E-state index in [4.69, 9.17) is 9.47 Å². The van der Waals surface area contributed by atoms with E-state index in [1.165, 1.54) is 0 Å². The minimum absolute atomic E-state index is 0.0769. The van der Waals surface area contributed by atoms with Crippen molar-refractivity contribution in [1.29, 1.82) is 0 Å². The Bertz CT molecular complexity index is 256. The molecule has 1 heterocycles. The smallest absolute Gasteiger partial charge is 0.108 e. The highest BCUT2D eigenvalue weighted by Crippen LogP contribution is 2.19. The molecule has 1 unspecified atom stereocenters. The van der Waals surface area contributed by atoms with Crippen molar-refractivity contribution >= 4 is 11.8 Å². The van der Waals surface area contributed by atoms with E-state index in [-0.39, 0.29) is 6.10 Å². The summed E-state index contributed by atoms with van der Waals surface area (Å²) in [4.78, 5) is 4.28. The van der Waals surface area contributed by atoms with Crippen molar-refractivity contribution < 1.29 is 9.47 Å². The summed E-state index contributed by atoms with van der Waals surface area (Å²) in [6.45, 7) is 0.781. The fraction of sp³-hybridized carbons (Fsp3) is 0.545. The van der Waals surface area contributed by atoms with Crippen LogP contribution in [0.4, 0.5) is 0 Å². The normalized spacial score (nSPS) is 12.7. The zero-order valence-corrected chi connectivity index (χ0v) is 10.00. The minimum Gasteiger partial charge on any atom is -0.384 e. The summed E-state index contributed by atoms with van der Waals surface area (Å²) in [5.41, 5.74) is 0.991. The molecule has 0 aromatic carbocycles. The number of pyridine rings is 1. The van der Waals surface area contributed by atoms with Gasteiger partial charge in [0.05, 0.1) is 12.3 Å². The van der Waals surface area contributed by atoms with Crippen LogP contribution in [0, 0.1) is 0 Å². The van der Waals surface area contributed by atoms with Gasteiger partial charge in [0.25, 0.3) is 0 Å². The van der Waals surface area contributed by atoms with E-state index in [0.717, 1.165) is 23.8 Å². The van der Waals surface area contributed by atoms with Gasteiger partial charge < -0.3 is 9.47 Å². The first-order valence-corrected chi connectivity index (χ1v) is 6.04. The van der Waals surface area contributed by atoms with Crippen LogP contribution < -0.4 is 0 Å². The van der Waals surface area contributed by atoms with Gasteiger partial charge in [-0.3, -0.25) is 4.98 Å². The topological polar surface area (TPSA) is 31.4 Å². The number of hydrogen-bond donors (Lipinski definition) is 0. The average Bonchev–Trinajstić information content (AvgIpc) is 2.30. The molecule has 0 aliphatic heterocycles. The van der Waals surface area contributed by atoms with E-state index in [2.05, 4.69) is 4.98 Å². The summed E-state index contributed by atoms with van der Waals surface area (Å²) >= 11 is 1.82. The summed E-state index contributed by atoms with van der Waals surface area (Å²) in [7, 11) is 3.43. The molecule has 3 nitrogen and oxygen atoms in total. The molecule has 0 radical (unpaired) electrons. The number of aromatic nitrogens is 1. The van der Waals surface area contributed by atoms with Gasteiger partial charge in [-0.05, 0) is 12.1 Å². The predicted molar refractivity (Wildman–Crippen MR) is 63.2 cm³/mol. The zero-order chi connectivity index (χ0) is 10.9. The van der Waals surface area contributed by atoms with E-state index in [0.29, 0.717) is 0 Å². The highest BCUT2D eigenvalue weighted by Gasteiger charge is 2.10. The summed E-state index contributed by atoms with van der Waals surface area (Å²) < 4.78 is 10.4. The molecule has 15 heavy (non-hydrogen) atoms. The van der Waals surface area contributed by atoms with E-state index in [1.54, 1.807) is 20.4 Å². The molecule has 1 rings (SSSR count). The van der Waals surface area contributed by atoms with Crippen molar-refractivity contribution in [1.82, 2.24) is 4.98 Å². The maximum atomic E-state index is 5.39. The first kappa shape index (κ1) is 12.5. The largest absolute Gasteiger partial charge is 0.384 e. The fourth-order valence-corrected chi connectivity index (χ4v) is 2.15. The standard InChI is InChI=1S/C11H17NO2S/c1-13-7-8-15-9-11(14-2)10-5-3-4-6-12-10/h3-6,11H,7-9H2,1-2H3. The van der Waals surface area contributed by atoms with Gasteiger partial charge >= 0.3 is 0 Å². The Kier molecular flexibility index (Phi) is 6.39. The van der Waals surface area contributed by atoms with Crippen molar-refractivity contribution in [3.05, 3.63) is 30.1 Å². The monoisotopic (exact) mass is 227 g/mol. The SMILES string of the molecule is COCCSCC(OC)c1ccccn1.